The molecule has 4 rings (SSSR count). The monoisotopic (exact) mass is 381 g/mol. The van der Waals surface area contributed by atoms with E-state index >= 15 is 0 Å². The van der Waals surface area contributed by atoms with Gasteiger partial charge in [0.05, 0.1) is 13.1 Å². The second-order valence-electron chi connectivity index (χ2n) is 7.85. The van der Waals surface area contributed by atoms with Crippen LogP contribution in [-0.4, -0.2) is 63.4 Å². The number of hydrogen-bond donors (Lipinski definition) is 1. The number of nitrogens with one attached hydrogen (secondary N) is 1. The van der Waals surface area contributed by atoms with Crippen LogP contribution in [0.25, 0.3) is 10.9 Å². The summed E-state index contributed by atoms with van der Waals surface area (Å²) in [6.45, 7) is 10.7. The Balaban J connectivity index is 1.33. The molecule has 0 bridgehead atoms. The summed E-state index contributed by atoms with van der Waals surface area (Å²) < 4.78 is 5.35. The van der Waals surface area contributed by atoms with Gasteiger partial charge in [0.25, 0.3) is 0 Å². The van der Waals surface area contributed by atoms with Crippen LogP contribution in [-0.2, 0) is 6.54 Å². The summed E-state index contributed by atoms with van der Waals surface area (Å²) in [5.41, 5.74) is 2.79. The number of para-hydroxylation sites is 1. The van der Waals surface area contributed by atoms with Crippen molar-refractivity contribution in [3.8, 4) is 0 Å². The number of benzene rings is 1. The van der Waals surface area contributed by atoms with Gasteiger partial charge in [-0.25, -0.2) is 0 Å². The van der Waals surface area contributed by atoms with Crippen LogP contribution in [0.4, 0.5) is 0 Å². The van der Waals surface area contributed by atoms with Gasteiger partial charge in [0.1, 0.15) is 0 Å². The normalized spacial score (nSPS) is 16.3. The van der Waals surface area contributed by atoms with Crippen molar-refractivity contribution < 1.29 is 9.32 Å². The number of aryl methyl sites for hydroxylation is 1. The second kappa shape index (κ2) is 7.85. The van der Waals surface area contributed by atoms with Gasteiger partial charge in [-0.3, -0.25) is 14.6 Å². The van der Waals surface area contributed by atoms with Gasteiger partial charge in [-0.05, 0) is 13.0 Å². The SMILES string of the molecule is Cc1[nH]c2ccccc2c1C(=O)CN1CCN(Cc2nc(C(C)C)no2)CC1. The minimum absolute atomic E-state index is 0.182. The van der Waals surface area contributed by atoms with Crippen molar-refractivity contribution in [3.63, 3.8) is 0 Å². The molecule has 0 aliphatic carbocycles. The van der Waals surface area contributed by atoms with Crippen molar-refractivity contribution >= 4 is 16.7 Å². The first-order valence-corrected chi connectivity index (χ1v) is 9.89. The Kier molecular flexibility index (Phi) is 5.28. The number of aromatic nitrogens is 3. The highest BCUT2D eigenvalue weighted by atomic mass is 16.5. The van der Waals surface area contributed by atoms with Crippen molar-refractivity contribution in [2.75, 3.05) is 32.7 Å². The highest BCUT2D eigenvalue weighted by Crippen LogP contribution is 2.23. The fraction of sp³-hybridized carbons (Fsp3) is 0.476. The smallest absolute Gasteiger partial charge is 0.240 e. The first kappa shape index (κ1) is 18.8. The van der Waals surface area contributed by atoms with Crippen LogP contribution in [0.2, 0.25) is 0 Å². The number of ketones is 1. The molecule has 2 aromatic heterocycles. The van der Waals surface area contributed by atoms with Crippen LogP contribution in [0.15, 0.2) is 28.8 Å². The van der Waals surface area contributed by atoms with Crippen LogP contribution >= 0.6 is 0 Å². The summed E-state index contributed by atoms with van der Waals surface area (Å²) in [6, 6.07) is 7.99. The summed E-state index contributed by atoms with van der Waals surface area (Å²) in [7, 11) is 0. The van der Waals surface area contributed by atoms with Gasteiger partial charge < -0.3 is 9.51 Å². The van der Waals surface area contributed by atoms with Gasteiger partial charge in [-0.15, -0.1) is 0 Å². The molecule has 0 unspecified atom stereocenters. The molecule has 1 aliphatic rings. The van der Waals surface area contributed by atoms with Crippen molar-refractivity contribution in [2.45, 2.75) is 33.2 Å². The molecule has 3 aromatic rings. The number of rotatable bonds is 6. The van der Waals surface area contributed by atoms with E-state index in [9.17, 15) is 4.79 Å². The lowest BCUT2D eigenvalue weighted by atomic mass is 10.1. The second-order valence-corrected chi connectivity index (χ2v) is 7.85. The number of aromatic amines is 1. The lowest BCUT2D eigenvalue weighted by Crippen LogP contribution is -2.47. The number of Topliss-reactive ketones (excluding diaryl/α,β-unsaturated/α-hetero) is 1. The number of nitrogens with zero attached hydrogens (tertiary/aromatic N) is 4. The standard InChI is InChI=1S/C21H27N5O2/c1-14(2)21-23-19(28-24-21)13-26-10-8-25(9-11-26)12-18(27)20-15(3)22-17-7-5-4-6-16(17)20/h4-7,14,22H,8-13H2,1-3H3. The van der Waals surface area contributed by atoms with Crippen molar-refractivity contribution in [1.29, 1.82) is 0 Å². The molecule has 7 nitrogen and oxygen atoms in total. The number of fused-ring (bicyclic) bond motifs is 1. The number of hydrogen-bond acceptors (Lipinski definition) is 6. The molecule has 0 saturated carbocycles. The summed E-state index contributed by atoms with van der Waals surface area (Å²) in [4.78, 5) is 25.2. The Labute approximate surface area is 164 Å². The minimum Gasteiger partial charge on any atom is -0.358 e. The van der Waals surface area contributed by atoms with E-state index in [-0.39, 0.29) is 11.7 Å². The van der Waals surface area contributed by atoms with Gasteiger partial charge in [0.15, 0.2) is 11.6 Å². The van der Waals surface area contributed by atoms with Crippen LogP contribution in [0.5, 0.6) is 0 Å². The van der Waals surface area contributed by atoms with E-state index in [1.807, 2.05) is 31.2 Å². The fourth-order valence-electron chi connectivity index (χ4n) is 3.78. The molecule has 148 valence electrons. The van der Waals surface area contributed by atoms with Crippen LogP contribution in [0.3, 0.4) is 0 Å². The van der Waals surface area contributed by atoms with Gasteiger partial charge in [-0.1, -0.05) is 37.2 Å². The third kappa shape index (κ3) is 3.86. The quantitative estimate of drug-likeness (QED) is 0.662. The zero-order valence-electron chi connectivity index (χ0n) is 16.7. The van der Waals surface area contributed by atoms with Crippen LogP contribution in [0.1, 0.15) is 47.5 Å². The van der Waals surface area contributed by atoms with Crippen LogP contribution in [0, 0.1) is 6.92 Å². The number of carbonyl (C=O) groups excluding carboxylic acids is 1. The Morgan fingerprint density at radius 3 is 2.61 bits per heavy atom. The molecule has 1 aliphatic heterocycles. The summed E-state index contributed by atoms with van der Waals surface area (Å²) in [6.07, 6.45) is 0. The molecule has 0 amide bonds. The average molecular weight is 381 g/mol. The highest BCUT2D eigenvalue weighted by molar-refractivity contribution is 6.10. The van der Waals surface area contributed by atoms with Crippen molar-refractivity contribution in [2.24, 2.45) is 0 Å². The molecule has 0 atom stereocenters. The predicted molar refractivity (Wildman–Crippen MR) is 107 cm³/mol. The maximum atomic E-state index is 12.9. The molecule has 1 saturated heterocycles. The summed E-state index contributed by atoms with van der Waals surface area (Å²) >= 11 is 0. The van der Waals surface area contributed by atoms with E-state index in [1.165, 1.54) is 0 Å². The van der Waals surface area contributed by atoms with E-state index in [0.29, 0.717) is 19.0 Å². The zero-order chi connectivity index (χ0) is 19.7. The lowest BCUT2D eigenvalue weighted by molar-refractivity contribution is 0.0827. The third-order valence-corrected chi connectivity index (χ3v) is 5.36. The van der Waals surface area contributed by atoms with Gasteiger partial charge in [0, 0.05) is 54.3 Å². The average Bonchev–Trinajstić information content (AvgIpc) is 3.27. The molecule has 1 N–H and O–H groups in total. The number of piperazine rings is 1. The van der Waals surface area contributed by atoms with E-state index in [4.69, 9.17) is 4.52 Å². The maximum absolute atomic E-state index is 12.9. The summed E-state index contributed by atoms with van der Waals surface area (Å²) in [5, 5.41) is 5.04. The molecule has 3 heterocycles. The first-order valence-electron chi connectivity index (χ1n) is 9.89. The molecule has 7 heteroatoms. The lowest BCUT2D eigenvalue weighted by Gasteiger charge is -2.33. The van der Waals surface area contributed by atoms with Crippen LogP contribution < -0.4 is 0 Å². The zero-order valence-corrected chi connectivity index (χ0v) is 16.7. The highest BCUT2D eigenvalue weighted by Gasteiger charge is 2.23. The van der Waals surface area contributed by atoms with E-state index in [2.05, 4.69) is 38.8 Å². The maximum Gasteiger partial charge on any atom is 0.240 e. The number of H-pyrrole nitrogens is 1. The molecule has 1 fully saturated rings. The van der Waals surface area contributed by atoms with E-state index in [1.54, 1.807) is 0 Å². The van der Waals surface area contributed by atoms with Gasteiger partial charge in [-0.2, -0.15) is 4.98 Å². The minimum atomic E-state index is 0.182. The van der Waals surface area contributed by atoms with E-state index < -0.39 is 0 Å². The van der Waals surface area contributed by atoms with E-state index in [0.717, 1.165) is 54.2 Å². The largest absolute Gasteiger partial charge is 0.358 e. The Morgan fingerprint density at radius 1 is 1.18 bits per heavy atom. The first-order chi connectivity index (χ1) is 13.5. The molecule has 0 radical (unpaired) electrons. The third-order valence-electron chi connectivity index (χ3n) is 5.36. The topological polar surface area (TPSA) is 78.3 Å². The molecule has 0 spiro atoms. The van der Waals surface area contributed by atoms with Crippen molar-refractivity contribution in [1.82, 2.24) is 24.9 Å². The number of carbonyl (C=O) groups is 1. The Bertz CT molecular complexity index is 966. The fourth-order valence-corrected chi connectivity index (χ4v) is 3.78. The van der Waals surface area contributed by atoms with Gasteiger partial charge in [0.2, 0.25) is 5.89 Å². The molecular weight excluding hydrogens is 354 g/mol. The summed E-state index contributed by atoms with van der Waals surface area (Å²) in [5.74, 6) is 1.88. The Hall–Kier alpha value is -2.51. The van der Waals surface area contributed by atoms with Crippen molar-refractivity contribution in [3.05, 3.63) is 47.2 Å². The molecule has 1 aromatic carbocycles. The predicted octanol–water partition coefficient (Wildman–Crippen LogP) is 2.98. The van der Waals surface area contributed by atoms with Gasteiger partial charge >= 0.3 is 0 Å². The Morgan fingerprint density at radius 2 is 1.89 bits per heavy atom. The molecule has 28 heavy (non-hydrogen) atoms. The molecular formula is C21H27N5O2.